The summed E-state index contributed by atoms with van der Waals surface area (Å²) in [5, 5.41) is 10.3. The third-order valence-corrected chi connectivity index (χ3v) is 4.32. The molecular formula is C20H10O5. The maximum atomic E-state index is 12.8. The molecule has 0 fully saturated rings. The highest BCUT2D eigenvalue weighted by Crippen LogP contribution is 2.33. The van der Waals surface area contributed by atoms with Crippen molar-refractivity contribution in [1.82, 2.24) is 0 Å². The van der Waals surface area contributed by atoms with Crippen LogP contribution in [0.4, 0.5) is 0 Å². The minimum absolute atomic E-state index is 0.0735. The Morgan fingerprint density at radius 1 is 0.600 bits per heavy atom. The van der Waals surface area contributed by atoms with Crippen LogP contribution in [0.25, 0.3) is 0 Å². The van der Waals surface area contributed by atoms with Gasteiger partial charge < -0.3 is 5.11 Å². The summed E-state index contributed by atoms with van der Waals surface area (Å²) in [5.41, 5.74) is -0.133. The van der Waals surface area contributed by atoms with Crippen molar-refractivity contribution in [3.8, 4) is 0 Å². The molecule has 2 aromatic rings. The van der Waals surface area contributed by atoms with Crippen LogP contribution < -0.4 is 0 Å². The van der Waals surface area contributed by atoms with Gasteiger partial charge in [-0.15, -0.1) is 0 Å². The second-order valence-corrected chi connectivity index (χ2v) is 5.72. The van der Waals surface area contributed by atoms with E-state index in [4.69, 9.17) is 0 Å². The largest absolute Gasteiger partial charge is 0.504 e. The average Bonchev–Trinajstić information content (AvgIpc) is 2.64. The molecule has 0 saturated heterocycles. The van der Waals surface area contributed by atoms with E-state index in [1.54, 1.807) is 24.3 Å². The first kappa shape index (κ1) is 15.0. The molecule has 25 heavy (non-hydrogen) atoms. The van der Waals surface area contributed by atoms with E-state index < -0.39 is 34.5 Å². The number of allylic oxidation sites excluding steroid dienone is 4. The molecule has 2 aliphatic rings. The Labute approximate surface area is 141 Å². The maximum Gasteiger partial charge on any atom is 0.228 e. The number of benzene rings is 2. The van der Waals surface area contributed by atoms with Crippen LogP contribution in [0.1, 0.15) is 41.4 Å². The van der Waals surface area contributed by atoms with Crippen molar-refractivity contribution in [1.29, 1.82) is 0 Å². The van der Waals surface area contributed by atoms with Crippen molar-refractivity contribution in [2.75, 3.05) is 0 Å². The van der Waals surface area contributed by atoms with Crippen molar-refractivity contribution in [3.63, 3.8) is 0 Å². The van der Waals surface area contributed by atoms with E-state index in [-0.39, 0.29) is 27.8 Å². The summed E-state index contributed by atoms with van der Waals surface area (Å²) in [6.07, 6.45) is 1.01. The lowest BCUT2D eigenvalue weighted by atomic mass is 9.79. The zero-order valence-electron chi connectivity index (χ0n) is 12.8. The highest BCUT2D eigenvalue weighted by atomic mass is 16.3. The van der Waals surface area contributed by atoms with Gasteiger partial charge in [-0.1, -0.05) is 48.5 Å². The standard InChI is InChI=1S/C20H10O5/c21-15-9-14(17(22)11-6-2-1-5-10(11)15)16-18(23)12-7-3-4-8-13(12)19(24)20(16)25/h1-9,25H. The van der Waals surface area contributed by atoms with E-state index in [1.165, 1.54) is 24.3 Å². The van der Waals surface area contributed by atoms with Gasteiger partial charge in [0.25, 0.3) is 0 Å². The second-order valence-electron chi connectivity index (χ2n) is 5.72. The Morgan fingerprint density at radius 3 is 1.68 bits per heavy atom. The van der Waals surface area contributed by atoms with Gasteiger partial charge in [-0.05, 0) is 6.08 Å². The van der Waals surface area contributed by atoms with Gasteiger partial charge in [0.1, 0.15) is 0 Å². The zero-order valence-corrected chi connectivity index (χ0v) is 12.8. The first-order valence-electron chi connectivity index (χ1n) is 7.52. The fraction of sp³-hybridized carbons (Fsp3) is 0. The monoisotopic (exact) mass is 330 g/mol. The fourth-order valence-electron chi connectivity index (χ4n) is 3.11. The second kappa shape index (κ2) is 5.21. The highest BCUT2D eigenvalue weighted by molar-refractivity contribution is 6.35. The molecular weight excluding hydrogens is 320 g/mol. The molecule has 0 atom stereocenters. The van der Waals surface area contributed by atoms with Crippen LogP contribution >= 0.6 is 0 Å². The molecule has 0 bridgehead atoms. The molecule has 0 saturated carbocycles. The number of carbonyl (C=O) groups excluding carboxylic acids is 4. The van der Waals surface area contributed by atoms with E-state index >= 15 is 0 Å². The van der Waals surface area contributed by atoms with E-state index in [9.17, 15) is 24.3 Å². The highest BCUT2D eigenvalue weighted by Gasteiger charge is 2.38. The zero-order chi connectivity index (χ0) is 17.7. The predicted molar refractivity (Wildman–Crippen MR) is 87.9 cm³/mol. The van der Waals surface area contributed by atoms with Gasteiger partial charge in [0, 0.05) is 27.8 Å². The summed E-state index contributed by atoms with van der Waals surface area (Å²) in [4.78, 5) is 50.2. The lowest BCUT2D eigenvalue weighted by Crippen LogP contribution is -2.27. The van der Waals surface area contributed by atoms with Gasteiger partial charge in [-0.2, -0.15) is 0 Å². The number of fused-ring (bicyclic) bond motifs is 2. The van der Waals surface area contributed by atoms with Crippen molar-refractivity contribution < 1.29 is 24.3 Å². The average molecular weight is 330 g/mol. The molecule has 0 spiro atoms. The van der Waals surface area contributed by atoms with Crippen LogP contribution in [0.3, 0.4) is 0 Å². The summed E-state index contributed by atoms with van der Waals surface area (Å²) >= 11 is 0. The molecule has 5 nitrogen and oxygen atoms in total. The van der Waals surface area contributed by atoms with Crippen LogP contribution in [-0.4, -0.2) is 28.2 Å². The molecule has 0 unspecified atom stereocenters. The van der Waals surface area contributed by atoms with Gasteiger partial charge in [-0.3, -0.25) is 19.2 Å². The number of Topliss-reactive ketones (excluding diaryl/α,β-unsaturated/α-hetero) is 3. The number of ketones is 4. The van der Waals surface area contributed by atoms with Gasteiger partial charge >= 0.3 is 0 Å². The van der Waals surface area contributed by atoms with Gasteiger partial charge in [0.05, 0.1) is 5.57 Å². The van der Waals surface area contributed by atoms with Crippen molar-refractivity contribution >= 4 is 23.1 Å². The number of hydrogen-bond acceptors (Lipinski definition) is 5. The molecule has 0 aromatic heterocycles. The van der Waals surface area contributed by atoms with Crippen LogP contribution in [0.2, 0.25) is 0 Å². The third-order valence-electron chi connectivity index (χ3n) is 4.32. The number of aliphatic hydroxyl groups is 1. The van der Waals surface area contributed by atoms with E-state index in [0.29, 0.717) is 0 Å². The molecule has 4 rings (SSSR count). The summed E-state index contributed by atoms with van der Waals surface area (Å²) in [6, 6.07) is 12.3. The molecule has 0 amide bonds. The quantitative estimate of drug-likeness (QED) is 0.868. The Bertz CT molecular complexity index is 1070. The molecule has 0 aliphatic heterocycles. The molecule has 2 aliphatic carbocycles. The summed E-state index contributed by atoms with van der Waals surface area (Å²) in [6.45, 7) is 0. The lowest BCUT2D eigenvalue weighted by Gasteiger charge is -2.21. The molecule has 1 N–H and O–H groups in total. The first-order valence-corrected chi connectivity index (χ1v) is 7.52. The van der Waals surface area contributed by atoms with Gasteiger partial charge in [0.15, 0.2) is 23.1 Å². The van der Waals surface area contributed by atoms with Crippen LogP contribution in [0.15, 0.2) is 71.5 Å². The SMILES string of the molecule is O=C1C=C(C2=C(O)C(=O)c3ccccc3C2=O)C(=O)c2ccccc21. The van der Waals surface area contributed by atoms with Crippen LogP contribution in [-0.2, 0) is 0 Å². The lowest BCUT2D eigenvalue weighted by molar-refractivity contribution is 0.0922. The minimum Gasteiger partial charge on any atom is -0.504 e. The topological polar surface area (TPSA) is 88.5 Å². The van der Waals surface area contributed by atoms with Crippen LogP contribution in [0, 0.1) is 0 Å². The van der Waals surface area contributed by atoms with Crippen LogP contribution in [0.5, 0.6) is 0 Å². The normalized spacial score (nSPS) is 16.6. The molecule has 5 heteroatoms. The molecule has 0 heterocycles. The van der Waals surface area contributed by atoms with Gasteiger partial charge in [0.2, 0.25) is 5.78 Å². The third kappa shape index (κ3) is 2.03. The summed E-state index contributed by atoms with van der Waals surface area (Å²) < 4.78 is 0. The maximum absolute atomic E-state index is 12.8. The fourth-order valence-corrected chi connectivity index (χ4v) is 3.11. The summed E-state index contributed by atoms with van der Waals surface area (Å²) in [7, 11) is 0. The van der Waals surface area contributed by atoms with Crippen molar-refractivity contribution in [3.05, 3.63) is 93.8 Å². The number of rotatable bonds is 1. The molecule has 120 valence electrons. The van der Waals surface area contributed by atoms with E-state index in [0.717, 1.165) is 6.08 Å². The van der Waals surface area contributed by atoms with Crippen molar-refractivity contribution in [2.24, 2.45) is 0 Å². The molecule has 2 aromatic carbocycles. The van der Waals surface area contributed by atoms with Gasteiger partial charge in [-0.25, -0.2) is 0 Å². The minimum atomic E-state index is -0.810. The van der Waals surface area contributed by atoms with E-state index in [1.807, 2.05) is 0 Å². The molecule has 0 radical (unpaired) electrons. The Hall–Kier alpha value is -3.60. The smallest absolute Gasteiger partial charge is 0.228 e. The Kier molecular flexibility index (Phi) is 3.12. The Morgan fingerprint density at radius 2 is 1.08 bits per heavy atom. The number of hydrogen-bond donors (Lipinski definition) is 1. The van der Waals surface area contributed by atoms with Crippen molar-refractivity contribution in [2.45, 2.75) is 0 Å². The predicted octanol–water partition coefficient (Wildman–Crippen LogP) is 2.88. The Balaban J connectivity index is 1.93. The number of carbonyl (C=O) groups is 4. The summed E-state index contributed by atoms with van der Waals surface area (Å²) in [5.74, 6) is -3.23. The number of aliphatic hydroxyl groups excluding tert-OH is 1. The first-order chi connectivity index (χ1) is 12.0. The van der Waals surface area contributed by atoms with E-state index in [2.05, 4.69) is 0 Å².